The minimum absolute atomic E-state index is 0.0960. The highest BCUT2D eigenvalue weighted by molar-refractivity contribution is 6.31. The van der Waals surface area contributed by atoms with Crippen molar-refractivity contribution in [2.24, 2.45) is 5.90 Å². The molecule has 0 unspecified atom stereocenters. The van der Waals surface area contributed by atoms with Gasteiger partial charge in [-0.25, -0.2) is 10.3 Å². The first-order valence-electron chi connectivity index (χ1n) is 3.74. The Morgan fingerprint density at radius 3 is 2.92 bits per heavy atom. The number of rotatable bonds is 4. The summed E-state index contributed by atoms with van der Waals surface area (Å²) in [6.45, 7) is 0.938. The van der Waals surface area contributed by atoms with Crippen molar-refractivity contribution in [1.82, 2.24) is 0 Å². The summed E-state index contributed by atoms with van der Waals surface area (Å²) in [5.74, 6) is 4.39. The molecule has 0 atom stereocenters. The molecule has 0 aromatic heterocycles. The van der Waals surface area contributed by atoms with Crippen LogP contribution < -0.4 is 11.2 Å². The van der Waals surface area contributed by atoms with Gasteiger partial charge in [-0.15, -0.1) is 0 Å². The van der Waals surface area contributed by atoms with E-state index in [4.69, 9.17) is 17.5 Å². The van der Waals surface area contributed by atoms with Crippen molar-refractivity contribution in [1.29, 1.82) is 0 Å². The van der Waals surface area contributed by atoms with Crippen molar-refractivity contribution >= 4 is 17.3 Å². The zero-order chi connectivity index (χ0) is 9.68. The normalized spacial score (nSPS) is 10.1. The van der Waals surface area contributed by atoms with Gasteiger partial charge in [0.1, 0.15) is 5.82 Å². The molecule has 72 valence electrons. The zero-order valence-corrected chi connectivity index (χ0v) is 7.64. The van der Waals surface area contributed by atoms with Crippen LogP contribution in [0.2, 0.25) is 5.02 Å². The van der Waals surface area contributed by atoms with Crippen LogP contribution in [0.15, 0.2) is 18.2 Å². The summed E-state index contributed by atoms with van der Waals surface area (Å²) >= 11 is 5.56. The first kappa shape index (κ1) is 10.2. The van der Waals surface area contributed by atoms with Crippen LogP contribution in [0.25, 0.3) is 0 Å². The quantitative estimate of drug-likeness (QED) is 0.581. The Labute approximate surface area is 80.6 Å². The number of anilines is 1. The van der Waals surface area contributed by atoms with E-state index in [9.17, 15) is 4.39 Å². The standard InChI is InChI=1S/C8H10ClFN2O/c9-7-5-6(1-2-8(7)10)12-3-4-13-11/h1-2,5,12H,3-4,11H2. The highest BCUT2D eigenvalue weighted by Gasteiger charge is 1.99. The molecule has 0 amide bonds. The molecule has 0 aliphatic carbocycles. The third kappa shape index (κ3) is 3.18. The molecular weight excluding hydrogens is 195 g/mol. The van der Waals surface area contributed by atoms with E-state index in [1.54, 1.807) is 6.07 Å². The van der Waals surface area contributed by atoms with Gasteiger partial charge < -0.3 is 10.2 Å². The molecule has 0 fully saturated rings. The Bertz CT molecular complexity index is 283. The van der Waals surface area contributed by atoms with E-state index >= 15 is 0 Å². The van der Waals surface area contributed by atoms with Gasteiger partial charge in [0.05, 0.1) is 11.6 Å². The summed E-state index contributed by atoms with van der Waals surface area (Å²) < 4.78 is 12.7. The van der Waals surface area contributed by atoms with Gasteiger partial charge >= 0.3 is 0 Å². The predicted octanol–water partition coefficient (Wildman–Crippen LogP) is 1.78. The van der Waals surface area contributed by atoms with Crippen LogP contribution >= 0.6 is 11.6 Å². The lowest BCUT2D eigenvalue weighted by Gasteiger charge is -2.05. The maximum Gasteiger partial charge on any atom is 0.141 e. The van der Waals surface area contributed by atoms with Crippen molar-refractivity contribution < 1.29 is 9.23 Å². The molecule has 1 aromatic rings. The third-order valence-electron chi connectivity index (χ3n) is 1.47. The fraction of sp³-hybridized carbons (Fsp3) is 0.250. The fourth-order valence-corrected chi connectivity index (χ4v) is 1.04. The SMILES string of the molecule is NOCCNc1ccc(F)c(Cl)c1. The Morgan fingerprint density at radius 2 is 2.31 bits per heavy atom. The monoisotopic (exact) mass is 204 g/mol. The molecule has 0 saturated carbocycles. The first-order valence-corrected chi connectivity index (χ1v) is 4.12. The van der Waals surface area contributed by atoms with E-state index in [2.05, 4.69) is 10.2 Å². The van der Waals surface area contributed by atoms with Gasteiger partial charge in [0.15, 0.2) is 0 Å². The number of nitrogens with one attached hydrogen (secondary N) is 1. The second kappa shape index (κ2) is 5.01. The van der Waals surface area contributed by atoms with Crippen molar-refractivity contribution in [2.75, 3.05) is 18.5 Å². The average Bonchev–Trinajstić information content (AvgIpc) is 2.12. The van der Waals surface area contributed by atoms with Crippen molar-refractivity contribution in [3.8, 4) is 0 Å². The largest absolute Gasteiger partial charge is 0.383 e. The van der Waals surface area contributed by atoms with Crippen molar-refractivity contribution in [3.05, 3.63) is 29.0 Å². The molecule has 1 aromatic carbocycles. The molecule has 0 heterocycles. The molecule has 0 bridgehead atoms. The second-order valence-corrected chi connectivity index (χ2v) is 2.83. The summed E-state index contributed by atoms with van der Waals surface area (Å²) in [4.78, 5) is 4.35. The van der Waals surface area contributed by atoms with Crippen molar-refractivity contribution in [2.45, 2.75) is 0 Å². The molecule has 5 heteroatoms. The summed E-state index contributed by atoms with van der Waals surface area (Å²) in [5.41, 5.74) is 0.739. The summed E-state index contributed by atoms with van der Waals surface area (Å²) in [6, 6.07) is 4.40. The Kier molecular flexibility index (Phi) is 3.95. The lowest BCUT2D eigenvalue weighted by molar-refractivity contribution is 0.148. The number of halogens is 2. The molecule has 0 saturated heterocycles. The molecule has 1 rings (SSSR count). The van der Waals surface area contributed by atoms with Gasteiger partial charge in [-0.05, 0) is 18.2 Å². The second-order valence-electron chi connectivity index (χ2n) is 2.43. The molecule has 0 spiro atoms. The van der Waals surface area contributed by atoms with E-state index in [-0.39, 0.29) is 5.02 Å². The van der Waals surface area contributed by atoms with Gasteiger partial charge in [0, 0.05) is 12.2 Å². The van der Waals surface area contributed by atoms with Crippen LogP contribution in [0.4, 0.5) is 10.1 Å². The van der Waals surface area contributed by atoms with Crippen LogP contribution in [-0.4, -0.2) is 13.2 Å². The van der Waals surface area contributed by atoms with Crippen LogP contribution in [0.1, 0.15) is 0 Å². The topological polar surface area (TPSA) is 47.3 Å². The van der Waals surface area contributed by atoms with Crippen LogP contribution in [0.3, 0.4) is 0 Å². The van der Waals surface area contributed by atoms with Crippen molar-refractivity contribution in [3.63, 3.8) is 0 Å². The molecule has 0 aliphatic rings. The van der Waals surface area contributed by atoms with Gasteiger partial charge in [0.25, 0.3) is 0 Å². The summed E-state index contributed by atoms with van der Waals surface area (Å²) in [5, 5.41) is 3.05. The van der Waals surface area contributed by atoms with Gasteiger partial charge in [0.2, 0.25) is 0 Å². The lowest BCUT2D eigenvalue weighted by atomic mass is 10.3. The summed E-state index contributed by atoms with van der Waals surface area (Å²) in [7, 11) is 0. The van der Waals surface area contributed by atoms with Gasteiger partial charge in [-0.3, -0.25) is 0 Å². The Balaban J connectivity index is 2.53. The van der Waals surface area contributed by atoms with Gasteiger partial charge in [-0.1, -0.05) is 11.6 Å². The zero-order valence-electron chi connectivity index (χ0n) is 6.89. The van der Waals surface area contributed by atoms with Crippen LogP contribution in [-0.2, 0) is 4.84 Å². The van der Waals surface area contributed by atoms with E-state index in [0.717, 1.165) is 5.69 Å². The smallest absolute Gasteiger partial charge is 0.141 e. The molecule has 3 nitrogen and oxygen atoms in total. The van der Waals surface area contributed by atoms with Gasteiger partial charge in [-0.2, -0.15) is 0 Å². The average molecular weight is 205 g/mol. The number of nitrogens with two attached hydrogens (primary N) is 1. The molecule has 0 radical (unpaired) electrons. The maximum atomic E-state index is 12.7. The Morgan fingerprint density at radius 1 is 1.54 bits per heavy atom. The molecule has 13 heavy (non-hydrogen) atoms. The highest BCUT2D eigenvalue weighted by Crippen LogP contribution is 2.18. The Hall–Kier alpha value is -0.840. The fourth-order valence-electron chi connectivity index (χ4n) is 0.860. The molecule has 3 N–H and O–H groups in total. The van der Waals surface area contributed by atoms with E-state index in [1.807, 2.05) is 0 Å². The predicted molar refractivity (Wildman–Crippen MR) is 50.0 cm³/mol. The van der Waals surface area contributed by atoms with E-state index < -0.39 is 5.82 Å². The molecular formula is C8H10ClFN2O. The maximum absolute atomic E-state index is 12.7. The minimum atomic E-state index is -0.428. The third-order valence-corrected chi connectivity index (χ3v) is 1.76. The number of hydrogen-bond acceptors (Lipinski definition) is 3. The van der Waals surface area contributed by atoms with Crippen LogP contribution in [0.5, 0.6) is 0 Å². The minimum Gasteiger partial charge on any atom is -0.383 e. The summed E-state index contributed by atoms with van der Waals surface area (Å²) in [6.07, 6.45) is 0. The highest BCUT2D eigenvalue weighted by atomic mass is 35.5. The lowest BCUT2D eigenvalue weighted by Crippen LogP contribution is -2.12. The number of hydrogen-bond donors (Lipinski definition) is 2. The van der Waals surface area contributed by atoms with E-state index in [1.165, 1.54) is 12.1 Å². The number of benzene rings is 1. The van der Waals surface area contributed by atoms with Crippen LogP contribution in [0, 0.1) is 5.82 Å². The molecule has 0 aliphatic heterocycles. The van der Waals surface area contributed by atoms with E-state index in [0.29, 0.717) is 13.2 Å². The first-order chi connectivity index (χ1) is 6.24.